The number of fused-ring (bicyclic) bond motifs is 1. The van der Waals surface area contributed by atoms with E-state index in [0.29, 0.717) is 0 Å². The molecule has 4 rings (SSSR count). The monoisotopic (exact) mass is 593 g/mol. The first-order valence-corrected chi connectivity index (χ1v) is 13.0. The van der Waals surface area contributed by atoms with E-state index in [-0.39, 0.29) is 59.3 Å². The van der Waals surface area contributed by atoms with Crippen LogP contribution in [0.1, 0.15) is 41.9 Å². The predicted octanol–water partition coefficient (Wildman–Crippen LogP) is 3.79. The van der Waals surface area contributed by atoms with Gasteiger partial charge in [-0.2, -0.15) is 13.2 Å². The van der Waals surface area contributed by atoms with Gasteiger partial charge < -0.3 is 35.5 Å². The number of ether oxygens (including phenoxy) is 3. The van der Waals surface area contributed by atoms with E-state index in [1.165, 1.54) is 44.4 Å². The number of amides is 1. The lowest BCUT2D eigenvalue weighted by Crippen LogP contribution is -2.52. The van der Waals surface area contributed by atoms with Crippen LogP contribution in [0.5, 0.6) is 17.2 Å². The lowest BCUT2D eigenvalue weighted by molar-refractivity contribution is -0.265. The second-order valence-electron chi connectivity index (χ2n) is 10.3. The molecule has 0 saturated heterocycles. The highest BCUT2D eigenvalue weighted by Gasteiger charge is 2.57. The molecule has 226 valence electrons. The highest BCUT2D eigenvalue weighted by atomic mass is 19.4. The van der Waals surface area contributed by atoms with Crippen LogP contribution < -0.4 is 25.3 Å². The maximum atomic E-state index is 14.6. The van der Waals surface area contributed by atoms with Gasteiger partial charge in [-0.1, -0.05) is 0 Å². The van der Waals surface area contributed by atoms with Gasteiger partial charge in [-0.25, -0.2) is 9.37 Å². The van der Waals surface area contributed by atoms with Gasteiger partial charge in [-0.15, -0.1) is 0 Å². The van der Waals surface area contributed by atoms with Crippen LogP contribution in [0.25, 0.3) is 11.3 Å². The molecule has 3 atom stereocenters. The van der Waals surface area contributed by atoms with Crippen molar-refractivity contribution in [2.45, 2.75) is 43.7 Å². The van der Waals surface area contributed by atoms with Gasteiger partial charge in [0.25, 0.3) is 5.91 Å². The summed E-state index contributed by atoms with van der Waals surface area (Å²) in [7, 11) is 1.31. The number of carbonyl (C=O) groups is 1. The lowest BCUT2D eigenvalue weighted by atomic mass is 9.84. The third kappa shape index (κ3) is 6.27. The van der Waals surface area contributed by atoms with Crippen molar-refractivity contribution in [3.63, 3.8) is 0 Å². The van der Waals surface area contributed by atoms with Gasteiger partial charge in [0.05, 0.1) is 32.1 Å². The molecule has 42 heavy (non-hydrogen) atoms. The predicted molar refractivity (Wildman–Crippen MR) is 144 cm³/mol. The summed E-state index contributed by atoms with van der Waals surface area (Å²) in [6, 6.07) is 9.82. The maximum Gasteiger partial charge on any atom is 0.424 e. The van der Waals surface area contributed by atoms with Crippen LogP contribution in [0.3, 0.4) is 0 Å². The van der Waals surface area contributed by atoms with Crippen LogP contribution in [0, 0.1) is 5.82 Å². The van der Waals surface area contributed by atoms with Gasteiger partial charge in [0.1, 0.15) is 18.1 Å². The standard InChI is InChI=1S/C29H31F4N3O6/c1-16(37)14-42-21-9-6-18(12-22(21)40-3)26(38)35-15-28(39,29(31,32)33)23-13-20-25(41-11-10-27(20,2)34)24(36-23)17-4-7-19(30)8-5-17/h4-9,12-13,16,37,39H,10-11,14-15,34H2,1-3H3,(H,35,38)/t16-,27+,28+/m1/s1. The van der Waals surface area contributed by atoms with Crippen molar-refractivity contribution in [3.8, 4) is 28.5 Å². The minimum absolute atomic E-state index is 0.0545. The summed E-state index contributed by atoms with van der Waals surface area (Å²) in [4.78, 5) is 17.1. The average Bonchev–Trinajstić information content (AvgIpc) is 2.93. The molecule has 1 amide bonds. The second kappa shape index (κ2) is 11.7. The molecule has 1 aromatic heterocycles. The molecule has 0 aliphatic carbocycles. The molecule has 0 radical (unpaired) electrons. The molecule has 13 heteroatoms. The number of nitrogens with two attached hydrogens (primary N) is 1. The Balaban J connectivity index is 1.72. The van der Waals surface area contributed by atoms with Crippen LogP contribution in [0.4, 0.5) is 17.6 Å². The first-order valence-electron chi connectivity index (χ1n) is 13.0. The Morgan fingerprint density at radius 1 is 1.19 bits per heavy atom. The Bertz CT molecular complexity index is 1450. The minimum Gasteiger partial charge on any atom is -0.493 e. The summed E-state index contributed by atoms with van der Waals surface area (Å²) < 4.78 is 73.7. The molecule has 9 nitrogen and oxygen atoms in total. The molecule has 5 N–H and O–H groups in total. The van der Waals surface area contributed by atoms with E-state index >= 15 is 0 Å². The van der Waals surface area contributed by atoms with Crippen LogP contribution in [-0.4, -0.2) is 60.3 Å². The number of pyridine rings is 1. The minimum atomic E-state index is -5.29. The van der Waals surface area contributed by atoms with Gasteiger partial charge in [-0.05, 0) is 62.4 Å². The van der Waals surface area contributed by atoms with Gasteiger partial charge >= 0.3 is 6.18 Å². The van der Waals surface area contributed by atoms with Gasteiger partial charge in [0.2, 0.25) is 5.60 Å². The fraction of sp³-hybridized carbons (Fsp3) is 0.379. The Kier molecular flexibility index (Phi) is 8.67. The molecule has 0 saturated carbocycles. The Morgan fingerprint density at radius 3 is 2.50 bits per heavy atom. The number of nitrogens with one attached hydrogen (secondary N) is 1. The number of methoxy groups -OCH3 is 1. The molecule has 2 aromatic carbocycles. The van der Waals surface area contributed by atoms with Gasteiger partial charge in [0.15, 0.2) is 17.2 Å². The second-order valence-corrected chi connectivity index (χ2v) is 10.3. The van der Waals surface area contributed by atoms with Crippen LogP contribution >= 0.6 is 0 Å². The number of hydrogen-bond acceptors (Lipinski definition) is 8. The number of aliphatic hydroxyl groups excluding tert-OH is 1. The molecule has 0 fully saturated rings. The zero-order chi connectivity index (χ0) is 30.9. The smallest absolute Gasteiger partial charge is 0.424 e. The largest absolute Gasteiger partial charge is 0.493 e. The number of hydrogen-bond donors (Lipinski definition) is 4. The summed E-state index contributed by atoms with van der Waals surface area (Å²) >= 11 is 0. The van der Waals surface area contributed by atoms with E-state index in [2.05, 4.69) is 10.3 Å². The fourth-order valence-electron chi connectivity index (χ4n) is 4.40. The molecule has 0 spiro atoms. The Morgan fingerprint density at radius 2 is 1.88 bits per heavy atom. The highest BCUT2D eigenvalue weighted by molar-refractivity contribution is 5.95. The normalized spacial score (nSPS) is 18.7. The summed E-state index contributed by atoms with van der Waals surface area (Å²) in [5.74, 6) is -1.07. The Labute approximate surface area is 239 Å². The van der Waals surface area contributed by atoms with Crippen molar-refractivity contribution >= 4 is 5.91 Å². The number of nitrogens with zero attached hydrogens (tertiary/aromatic N) is 1. The number of carbonyl (C=O) groups excluding carboxylic acids is 1. The van der Waals surface area contributed by atoms with Crippen molar-refractivity contribution in [2.75, 3.05) is 26.9 Å². The van der Waals surface area contributed by atoms with Crippen molar-refractivity contribution in [2.24, 2.45) is 5.73 Å². The van der Waals surface area contributed by atoms with Gasteiger partial charge in [0, 0.05) is 28.7 Å². The topological polar surface area (TPSA) is 136 Å². The van der Waals surface area contributed by atoms with Crippen molar-refractivity contribution < 1.29 is 46.8 Å². The van der Waals surface area contributed by atoms with Crippen molar-refractivity contribution in [1.29, 1.82) is 0 Å². The summed E-state index contributed by atoms with van der Waals surface area (Å²) in [6.07, 6.45) is -5.80. The highest BCUT2D eigenvalue weighted by Crippen LogP contribution is 2.45. The summed E-state index contributed by atoms with van der Waals surface area (Å²) in [6.45, 7) is 1.94. The lowest BCUT2D eigenvalue weighted by Gasteiger charge is -2.36. The molecule has 2 heterocycles. The fourth-order valence-corrected chi connectivity index (χ4v) is 4.40. The zero-order valence-electron chi connectivity index (χ0n) is 23.1. The van der Waals surface area contributed by atoms with E-state index in [0.717, 1.165) is 18.2 Å². The molecule has 0 bridgehead atoms. The number of aliphatic hydroxyl groups is 2. The SMILES string of the molecule is COc1cc(C(=O)NC[C@](O)(c2cc3c(c(-c4ccc(F)cc4)n2)OCC[C@]3(C)N)C(F)(F)F)ccc1OC[C@@H](C)O. The number of aromatic nitrogens is 1. The van der Waals surface area contributed by atoms with E-state index in [4.69, 9.17) is 19.9 Å². The molecule has 3 aromatic rings. The molecule has 1 aliphatic rings. The van der Waals surface area contributed by atoms with Crippen molar-refractivity contribution in [1.82, 2.24) is 10.3 Å². The number of rotatable bonds is 9. The van der Waals surface area contributed by atoms with E-state index < -0.39 is 47.4 Å². The average molecular weight is 594 g/mol. The van der Waals surface area contributed by atoms with Crippen molar-refractivity contribution in [3.05, 3.63) is 71.2 Å². The van der Waals surface area contributed by atoms with Crippen LogP contribution in [0.2, 0.25) is 0 Å². The summed E-state index contributed by atoms with van der Waals surface area (Å²) in [5.41, 5.74) is 1.09. The number of alkyl halides is 3. The van der Waals surface area contributed by atoms with E-state index in [1.807, 2.05) is 0 Å². The van der Waals surface area contributed by atoms with E-state index in [1.54, 1.807) is 6.92 Å². The number of halogens is 4. The third-order valence-corrected chi connectivity index (χ3v) is 6.88. The summed E-state index contributed by atoms with van der Waals surface area (Å²) in [5, 5.41) is 22.7. The third-order valence-electron chi connectivity index (χ3n) is 6.88. The van der Waals surface area contributed by atoms with E-state index in [9.17, 15) is 32.6 Å². The molecular weight excluding hydrogens is 562 g/mol. The molecule has 1 aliphatic heterocycles. The number of benzene rings is 2. The quantitative estimate of drug-likeness (QED) is 0.275. The molecular formula is C29H31F4N3O6. The van der Waals surface area contributed by atoms with Gasteiger partial charge in [-0.3, -0.25) is 4.79 Å². The first kappa shape index (κ1) is 31.0. The maximum absolute atomic E-state index is 14.6. The Hall–Kier alpha value is -3.94. The first-order chi connectivity index (χ1) is 19.7. The molecule has 0 unspecified atom stereocenters. The zero-order valence-corrected chi connectivity index (χ0v) is 23.1. The van der Waals surface area contributed by atoms with Crippen LogP contribution in [0.15, 0.2) is 48.5 Å². The van der Waals surface area contributed by atoms with Crippen LogP contribution in [-0.2, 0) is 11.1 Å².